The van der Waals surface area contributed by atoms with Crippen molar-refractivity contribution in [1.82, 2.24) is 5.32 Å². The Morgan fingerprint density at radius 3 is 2.47 bits per heavy atom. The highest BCUT2D eigenvalue weighted by Gasteiger charge is 2.11. The van der Waals surface area contributed by atoms with E-state index in [-0.39, 0.29) is 11.8 Å². The number of nitrogens with one attached hydrogen (secondary N) is 1. The molecule has 5 nitrogen and oxygen atoms in total. The van der Waals surface area contributed by atoms with Crippen LogP contribution in [-0.4, -0.2) is 40.7 Å². The van der Waals surface area contributed by atoms with Crippen LogP contribution in [0.2, 0.25) is 0 Å². The van der Waals surface area contributed by atoms with Crippen LogP contribution in [0.15, 0.2) is 18.2 Å². The Morgan fingerprint density at radius 1 is 1.26 bits per heavy atom. The topological polar surface area (TPSA) is 64.6 Å². The van der Waals surface area contributed by atoms with E-state index in [9.17, 15) is 8.42 Å². The van der Waals surface area contributed by atoms with Crippen LogP contribution in [0.3, 0.4) is 0 Å². The smallest absolute Gasteiger partial charge is 0.148 e. The molecule has 0 aliphatic rings. The van der Waals surface area contributed by atoms with Crippen LogP contribution < -0.4 is 14.8 Å². The van der Waals surface area contributed by atoms with Crippen LogP contribution in [0, 0.1) is 0 Å². The van der Waals surface area contributed by atoms with E-state index < -0.39 is 9.84 Å². The molecular weight excluding hydrogens is 266 g/mol. The Kier molecular flexibility index (Phi) is 5.62. The van der Waals surface area contributed by atoms with Crippen molar-refractivity contribution in [3.8, 4) is 11.5 Å². The maximum Gasteiger partial charge on any atom is 0.148 e. The summed E-state index contributed by atoms with van der Waals surface area (Å²) in [7, 11) is 0.230. The molecule has 1 atom stereocenters. The molecule has 19 heavy (non-hydrogen) atoms. The number of benzene rings is 1. The third-order valence-corrected chi connectivity index (χ3v) is 3.79. The van der Waals surface area contributed by atoms with E-state index in [0.717, 1.165) is 17.1 Å². The van der Waals surface area contributed by atoms with Crippen LogP contribution in [0.1, 0.15) is 12.5 Å². The number of hydrogen-bond donors (Lipinski definition) is 1. The third kappa shape index (κ3) is 5.48. The van der Waals surface area contributed by atoms with Crippen molar-refractivity contribution >= 4 is 9.84 Å². The van der Waals surface area contributed by atoms with Crippen molar-refractivity contribution in [2.24, 2.45) is 0 Å². The van der Waals surface area contributed by atoms with E-state index in [1.54, 1.807) is 14.2 Å². The van der Waals surface area contributed by atoms with Gasteiger partial charge in [-0.25, -0.2) is 8.42 Å². The largest absolute Gasteiger partial charge is 0.497 e. The van der Waals surface area contributed by atoms with Crippen molar-refractivity contribution < 1.29 is 17.9 Å². The van der Waals surface area contributed by atoms with Crippen LogP contribution in [-0.2, 0) is 16.4 Å². The molecule has 6 heteroatoms. The van der Waals surface area contributed by atoms with Gasteiger partial charge in [-0.2, -0.15) is 0 Å². The summed E-state index contributed by atoms with van der Waals surface area (Å²) in [5.74, 6) is 1.60. The maximum atomic E-state index is 11.2. The zero-order chi connectivity index (χ0) is 14.5. The highest BCUT2D eigenvalue weighted by atomic mass is 32.2. The second-order valence-corrected chi connectivity index (χ2v) is 6.74. The lowest BCUT2D eigenvalue weighted by Crippen LogP contribution is -2.32. The molecule has 0 amide bonds. The summed E-state index contributed by atoms with van der Waals surface area (Å²) in [6, 6.07) is 5.41. The molecule has 1 rings (SSSR count). The average molecular weight is 287 g/mol. The molecule has 0 aromatic heterocycles. The molecule has 0 radical (unpaired) electrons. The lowest BCUT2D eigenvalue weighted by atomic mass is 10.2. The summed E-state index contributed by atoms with van der Waals surface area (Å²) in [6.07, 6.45) is 1.23. The summed E-state index contributed by atoms with van der Waals surface area (Å²) < 4.78 is 32.8. The number of methoxy groups -OCH3 is 2. The van der Waals surface area contributed by atoms with Gasteiger partial charge in [0.1, 0.15) is 21.3 Å². The second kappa shape index (κ2) is 6.77. The summed E-state index contributed by atoms with van der Waals surface area (Å²) in [5, 5.41) is 3.17. The maximum absolute atomic E-state index is 11.2. The molecular formula is C13H21NO4S. The van der Waals surface area contributed by atoms with Crippen molar-refractivity contribution in [2.75, 3.05) is 26.2 Å². The molecule has 0 saturated heterocycles. The first-order valence-corrected chi connectivity index (χ1v) is 8.03. The van der Waals surface area contributed by atoms with E-state index >= 15 is 0 Å². The SMILES string of the molecule is COc1ccc(OC)c(CNC(C)CS(C)(=O)=O)c1. The number of sulfone groups is 1. The number of hydrogen-bond acceptors (Lipinski definition) is 5. The van der Waals surface area contributed by atoms with Gasteiger partial charge in [-0.3, -0.25) is 0 Å². The van der Waals surface area contributed by atoms with Gasteiger partial charge in [-0.15, -0.1) is 0 Å². The second-order valence-electron chi connectivity index (χ2n) is 4.55. The van der Waals surface area contributed by atoms with E-state index in [1.165, 1.54) is 6.26 Å². The monoisotopic (exact) mass is 287 g/mol. The van der Waals surface area contributed by atoms with Crippen molar-refractivity contribution in [1.29, 1.82) is 0 Å². The average Bonchev–Trinajstić information content (AvgIpc) is 2.33. The first-order valence-electron chi connectivity index (χ1n) is 5.97. The van der Waals surface area contributed by atoms with E-state index in [2.05, 4.69) is 5.32 Å². The quantitative estimate of drug-likeness (QED) is 0.817. The molecule has 0 fully saturated rings. The van der Waals surface area contributed by atoms with E-state index in [0.29, 0.717) is 6.54 Å². The molecule has 1 unspecified atom stereocenters. The van der Waals surface area contributed by atoms with E-state index in [4.69, 9.17) is 9.47 Å². The lowest BCUT2D eigenvalue weighted by Gasteiger charge is -2.15. The summed E-state index contributed by atoms with van der Waals surface area (Å²) in [5.41, 5.74) is 0.933. The lowest BCUT2D eigenvalue weighted by molar-refractivity contribution is 0.396. The molecule has 1 N–H and O–H groups in total. The summed E-state index contributed by atoms with van der Waals surface area (Å²) in [6.45, 7) is 2.37. The predicted molar refractivity (Wildman–Crippen MR) is 75.6 cm³/mol. The molecule has 1 aromatic rings. The zero-order valence-corrected chi connectivity index (χ0v) is 12.6. The highest BCUT2D eigenvalue weighted by Crippen LogP contribution is 2.23. The Bertz CT molecular complexity index is 513. The molecule has 0 aliphatic carbocycles. The Labute approximate surface area is 114 Å². The minimum atomic E-state index is -2.97. The fourth-order valence-electron chi connectivity index (χ4n) is 1.82. The normalized spacial score (nSPS) is 13.1. The molecule has 0 saturated carbocycles. The predicted octanol–water partition coefficient (Wildman–Crippen LogP) is 1.23. The van der Waals surface area contributed by atoms with Gasteiger partial charge in [-0.05, 0) is 25.1 Å². The van der Waals surface area contributed by atoms with Gasteiger partial charge in [0.2, 0.25) is 0 Å². The molecule has 0 heterocycles. The highest BCUT2D eigenvalue weighted by molar-refractivity contribution is 7.90. The fraction of sp³-hybridized carbons (Fsp3) is 0.538. The fourth-order valence-corrected chi connectivity index (χ4v) is 2.84. The minimum Gasteiger partial charge on any atom is -0.497 e. The van der Waals surface area contributed by atoms with Gasteiger partial charge < -0.3 is 14.8 Å². The van der Waals surface area contributed by atoms with Crippen LogP contribution in [0.25, 0.3) is 0 Å². The first kappa shape index (κ1) is 15.8. The van der Waals surface area contributed by atoms with Crippen molar-refractivity contribution in [3.05, 3.63) is 23.8 Å². The molecule has 0 aliphatic heterocycles. The summed E-state index contributed by atoms with van der Waals surface area (Å²) in [4.78, 5) is 0. The molecule has 0 bridgehead atoms. The van der Waals surface area contributed by atoms with E-state index in [1.807, 2.05) is 25.1 Å². The Balaban J connectivity index is 2.70. The number of ether oxygens (including phenoxy) is 2. The molecule has 1 aromatic carbocycles. The Morgan fingerprint density at radius 2 is 1.95 bits per heavy atom. The van der Waals surface area contributed by atoms with Crippen molar-refractivity contribution in [2.45, 2.75) is 19.5 Å². The van der Waals surface area contributed by atoms with Gasteiger partial charge in [0.15, 0.2) is 0 Å². The number of rotatable bonds is 7. The molecule has 0 spiro atoms. The van der Waals surface area contributed by atoms with Crippen LogP contribution in [0.5, 0.6) is 11.5 Å². The zero-order valence-electron chi connectivity index (χ0n) is 11.8. The first-order chi connectivity index (χ1) is 8.85. The van der Waals surface area contributed by atoms with Gasteiger partial charge >= 0.3 is 0 Å². The van der Waals surface area contributed by atoms with Gasteiger partial charge in [0.05, 0.1) is 20.0 Å². The van der Waals surface area contributed by atoms with Crippen LogP contribution >= 0.6 is 0 Å². The van der Waals surface area contributed by atoms with Gasteiger partial charge in [0.25, 0.3) is 0 Å². The third-order valence-electron chi connectivity index (χ3n) is 2.68. The van der Waals surface area contributed by atoms with Crippen LogP contribution in [0.4, 0.5) is 0 Å². The summed E-state index contributed by atoms with van der Waals surface area (Å²) >= 11 is 0. The van der Waals surface area contributed by atoms with Gasteiger partial charge in [-0.1, -0.05) is 0 Å². The molecule has 108 valence electrons. The van der Waals surface area contributed by atoms with Crippen molar-refractivity contribution in [3.63, 3.8) is 0 Å². The van der Waals surface area contributed by atoms with Gasteiger partial charge in [0, 0.05) is 24.4 Å². The Hall–Kier alpha value is -1.27. The standard InChI is InChI=1S/C13H21NO4S/c1-10(9-19(4,15)16)14-8-11-7-12(17-2)5-6-13(11)18-3/h5-7,10,14H,8-9H2,1-4H3. The minimum absolute atomic E-state index is 0.110.